The molecule has 1 N–H and O–H groups in total. The van der Waals surface area contributed by atoms with Gasteiger partial charge in [0.2, 0.25) is 0 Å². The molecule has 0 aliphatic carbocycles. The zero-order valence-electron chi connectivity index (χ0n) is 14.8. The van der Waals surface area contributed by atoms with Crippen LogP contribution < -0.4 is 0 Å². The van der Waals surface area contributed by atoms with E-state index in [1.165, 1.54) is 11.1 Å². The molecule has 126 valence electrons. The van der Waals surface area contributed by atoms with Crippen LogP contribution in [-0.2, 0) is 25.4 Å². The number of aliphatic hydroxyl groups excluding tert-OH is 1. The minimum atomic E-state index is 0.0287. The van der Waals surface area contributed by atoms with E-state index in [-0.39, 0.29) is 12.0 Å². The first-order chi connectivity index (χ1) is 10.9. The number of aromatic nitrogens is 2. The second-order valence-electron chi connectivity index (χ2n) is 7.16. The van der Waals surface area contributed by atoms with Crippen LogP contribution in [-0.4, -0.2) is 39.5 Å². The van der Waals surface area contributed by atoms with Crippen LogP contribution in [0.25, 0.3) is 0 Å². The molecule has 1 heterocycles. The van der Waals surface area contributed by atoms with Crippen LogP contribution in [0.1, 0.15) is 37.6 Å². The van der Waals surface area contributed by atoms with Crippen molar-refractivity contribution in [1.82, 2.24) is 14.7 Å². The molecule has 0 radical (unpaired) electrons. The van der Waals surface area contributed by atoms with Crippen molar-refractivity contribution in [1.29, 1.82) is 0 Å². The number of benzene rings is 1. The smallest absolute Gasteiger partial charge is 0.0722 e. The topological polar surface area (TPSA) is 41.3 Å². The Hall–Kier alpha value is -1.65. The monoisotopic (exact) mass is 315 g/mol. The van der Waals surface area contributed by atoms with Crippen molar-refractivity contribution in [3.05, 3.63) is 53.3 Å². The summed E-state index contributed by atoms with van der Waals surface area (Å²) in [4.78, 5) is 2.30. The van der Waals surface area contributed by atoms with E-state index in [2.05, 4.69) is 61.2 Å². The predicted molar refractivity (Wildman–Crippen MR) is 94.4 cm³/mol. The Morgan fingerprint density at radius 2 is 1.83 bits per heavy atom. The van der Waals surface area contributed by atoms with Crippen molar-refractivity contribution < 1.29 is 5.11 Å². The first-order valence-corrected chi connectivity index (χ1v) is 8.30. The third kappa shape index (κ3) is 5.19. The van der Waals surface area contributed by atoms with Gasteiger partial charge in [0.05, 0.1) is 12.3 Å². The second kappa shape index (κ2) is 7.75. The number of hydrogen-bond donors (Lipinski definition) is 1. The van der Waals surface area contributed by atoms with E-state index >= 15 is 0 Å². The lowest BCUT2D eigenvalue weighted by atomic mass is 9.89. The van der Waals surface area contributed by atoms with Gasteiger partial charge in [0.25, 0.3) is 0 Å². The summed E-state index contributed by atoms with van der Waals surface area (Å²) in [6, 6.07) is 10.5. The van der Waals surface area contributed by atoms with Gasteiger partial charge in [0, 0.05) is 43.9 Å². The first-order valence-electron chi connectivity index (χ1n) is 8.30. The van der Waals surface area contributed by atoms with Gasteiger partial charge in [-0.05, 0) is 12.0 Å². The maximum absolute atomic E-state index is 9.38. The van der Waals surface area contributed by atoms with Gasteiger partial charge >= 0.3 is 0 Å². The fourth-order valence-electron chi connectivity index (χ4n) is 2.87. The highest BCUT2D eigenvalue weighted by Crippen LogP contribution is 2.25. The van der Waals surface area contributed by atoms with E-state index in [1.807, 2.05) is 17.8 Å². The minimum absolute atomic E-state index is 0.0287. The quantitative estimate of drug-likeness (QED) is 0.854. The Labute approximate surface area is 139 Å². The van der Waals surface area contributed by atoms with Crippen LogP contribution in [0.5, 0.6) is 0 Å². The van der Waals surface area contributed by atoms with Gasteiger partial charge < -0.3 is 5.11 Å². The molecule has 0 saturated heterocycles. The Kier molecular flexibility index (Phi) is 5.97. The lowest BCUT2D eigenvalue weighted by Crippen LogP contribution is -2.29. The normalized spacial score (nSPS) is 12.1. The van der Waals surface area contributed by atoms with Gasteiger partial charge in [0.1, 0.15) is 0 Å². The standard InChI is InChI=1S/C19H29N3O/c1-19(2,3)18-17(14-21(4)20-18)15-22(12-13-23)11-10-16-8-6-5-7-9-16/h5-9,14,23H,10-13,15H2,1-4H3. The molecule has 0 saturated carbocycles. The molecule has 2 aromatic rings. The maximum Gasteiger partial charge on any atom is 0.0722 e. The Morgan fingerprint density at radius 3 is 2.43 bits per heavy atom. The number of nitrogens with zero attached hydrogens (tertiary/aromatic N) is 3. The summed E-state index contributed by atoms with van der Waals surface area (Å²) in [5.41, 5.74) is 3.75. The molecule has 4 heteroatoms. The summed E-state index contributed by atoms with van der Waals surface area (Å²) in [7, 11) is 1.97. The first kappa shape index (κ1) is 17.7. The summed E-state index contributed by atoms with van der Waals surface area (Å²) < 4.78 is 1.89. The van der Waals surface area contributed by atoms with Gasteiger partial charge in [-0.1, -0.05) is 51.1 Å². The number of aryl methyl sites for hydroxylation is 1. The minimum Gasteiger partial charge on any atom is -0.395 e. The molecule has 4 nitrogen and oxygen atoms in total. The van der Waals surface area contributed by atoms with Crippen LogP contribution in [0, 0.1) is 0 Å². The molecule has 0 atom stereocenters. The molecule has 0 bridgehead atoms. The molecule has 0 amide bonds. The summed E-state index contributed by atoms with van der Waals surface area (Å²) in [5.74, 6) is 0. The highest BCUT2D eigenvalue weighted by Gasteiger charge is 2.22. The fraction of sp³-hybridized carbons (Fsp3) is 0.526. The van der Waals surface area contributed by atoms with Gasteiger partial charge in [-0.3, -0.25) is 9.58 Å². The largest absolute Gasteiger partial charge is 0.395 e. The summed E-state index contributed by atoms with van der Waals surface area (Å²) in [6.07, 6.45) is 3.10. The van der Waals surface area contributed by atoms with Gasteiger partial charge in [0.15, 0.2) is 0 Å². The average Bonchev–Trinajstić information content (AvgIpc) is 2.87. The zero-order valence-corrected chi connectivity index (χ0v) is 14.8. The summed E-state index contributed by atoms with van der Waals surface area (Å²) in [5, 5.41) is 14.0. The van der Waals surface area contributed by atoms with Crippen molar-refractivity contribution in [2.24, 2.45) is 7.05 Å². The SMILES string of the molecule is Cn1cc(CN(CCO)CCc2ccccc2)c(C(C)(C)C)n1. The molecule has 0 aliphatic rings. The molecule has 0 fully saturated rings. The zero-order chi connectivity index (χ0) is 16.9. The molecule has 0 spiro atoms. The Balaban J connectivity index is 2.07. The molecule has 23 heavy (non-hydrogen) atoms. The number of rotatable bonds is 7. The predicted octanol–water partition coefficient (Wildman–Crippen LogP) is 2.75. The van der Waals surface area contributed by atoms with Crippen molar-refractivity contribution in [3.8, 4) is 0 Å². The van der Waals surface area contributed by atoms with Crippen molar-refractivity contribution in [3.63, 3.8) is 0 Å². The highest BCUT2D eigenvalue weighted by molar-refractivity contribution is 5.24. The van der Waals surface area contributed by atoms with Crippen LogP contribution in [0.2, 0.25) is 0 Å². The van der Waals surface area contributed by atoms with Crippen LogP contribution in [0.15, 0.2) is 36.5 Å². The molecule has 1 aromatic heterocycles. The van der Waals surface area contributed by atoms with Crippen molar-refractivity contribution in [2.75, 3.05) is 19.7 Å². The van der Waals surface area contributed by atoms with Crippen LogP contribution in [0.4, 0.5) is 0 Å². The van der Waals surface area contributed by atoms with Gasteiger partial charge in [-0.15, -0.1) is 0 Å². The Morgan fingerprint density at radius 1 is 1.13 bits per heavy atom. The van der Waals surface area contributed by atoms with E-state index in [9.17, 15) is 5.11 Å². The molecule has 1 aromatic carbocycles. The Bertz CT molecular complexity index is 599. The van der Waals surface area contributed by atoms with Crippen molar-refractivity contribution in [2.45, 2.75) is 39.2 Å². The molecule has 0 unspecified atom stereocenters. The van der Waals surface area contributed by atoms with E-state index in [4.69, 9.17) is 0 Å². The van der Waals surface area contributed by atoms with E-state index in [1.54, 1.807) is 0 Å². The third-order valence-electron chi connectivity index (χ3n) is 3.98. The third-order valence-corrected chi connectivity index (χ3v) is 3.98. The highest BCUT2D eigenvalue weighted by atomic mass is 16.3. The molecule has 2 rings (SSSR count). The average molecular weight is 315 g/mol. The van der Waals surface area contributed by atoms with E-state index in [0.29, 0.717) is 6.54 Å². The van der Waals surface area contributed by atoms with Gasteiger partial charge in [-0.25, -0.2) is 0 Å². The summed E-state index contributed by atoms with van der Waals surface area (Å²) >= 11 is 0. The van der Waals surface area contributed by atoms with Crippen LogP contribution >= 0.6 is 0 Å². The lowest BCUT2D eigenvalue weighted by molar-refractivity contribution is 0.191. The fourth-order valence-corrected chi connectivity index (χ4v) is 2.87. The van der Waals surface area contributed by atoms with Crippen LogP contribution in [0.3, 0.4) is 0 Å². The van der Waals surface area contributed by atoms with E-state index in [0.717, 1.165) is 25.2 Å². The molecular formula is C19H29N3O. The van der Waals surface area contributed by atoms with Gasteiger partial charge in [-0.2, -0.15) is 5.10 Å². The molecule has 0 aliphatic heterocycles. The van der Waals surface area contributed by atoms with Crippen molar-refractivity contribution >= 4 is 0 Å². The lowest BCUT2D eigenvalue weighted by Gasteiger charge is -2.24. The molecular weight excluding hydrogens is 286 g/mol. The maximum atomic E-state index is 9.38. The van der Waals surface area contributed by atoms with E-state index < -0.39 is 0 Å². The number of aliphatic hydroxyl groups is 1. The number of hydrogen-bond acceptors (Lipinski definition) is 3. The summed E-state index contributed by atoms with van der Waals surface area (Å²) in [6.45, 7) is 9.21. The second-order valence-corrected chi connectivity index (χ2v) is 7.16.